The molecule has 1 aromatic rings. The third-order valence-corrected chi connectivity index (χ3v) is 7.06. The number of guanidine groups is 1. The summed E-state index contributed by atoms with van der Waals surface area (Å²) in [5.41, 5.74) is 8.41. The van der Waals surface area contributed by atoms with Crippen LogP contribution in [0.4, 0.5) is 0 Å². The number of carbonyl (C=O) groups is 1. The van der Waals surface area contributed by atoms with Crippen LogP contribution in [-0.2, 0) is 11.2 Å². The molecule has 4 atom stereocenters. The van der Waals surface area contributed by atoms with E-state index in [1.165, 1.54) is 0 Å². The van der Waals surface area contributed by atoms with Crippen LogP contribution < -0.4 is 11.1 Å². The minimum absolute atomic E-state index is 0.00703. The number of carbonyl (C=O) groups excluding carboxylic acids is 1. The molecular formula is C22H32N4O2. The predicted octanol–water partition coefficient (Wildman–Crippen LogP) is 1.98. The van der Waals surface area contributed by atoms with Gasteiger partial charge in [-0.3, -0.25) is 4.79 Å². The van der Waals surface area contributed by atoms with Crippen molar-refractivity contribution in [3.05, 3.63) is 35.4 Å². The fourth-order valence-corrected chi connectivity index (χ4v) is 4.84. The number of aliphatic imine (C=N–C) groups is 1. The van der Waals surface area contributed by atoms with Gasteiger partial charge >= 0.3 is 0 Å². The zero-order valence-corrected chi connectivity index (χ0v) is 16.9. The van der Waals surface area contributed by atoms with Crippen molar-refractivity contribution in [2.75, 3.05) is 13.1 Å². The summed E-state index contributed by atoms with van der Waals surface area (Å²) < 4.78 is 0. The summed E-state index contributed by atoms with van der Waals surface area (Å²) in [6.07, 6.45) is 3.99. The van der Waals surface area contributed by atoms with Crippen molar-refractivity contribution >= 4 is 11.9 Å². The Bertz CT molecular complexity index is 774. The number of hydrogen-bond donors (Lipinski definition) is 3. The van der Waals surface area contributed by atoms with Gasteiger partial charge in [-0.25, -0.2) is 4.99 Å². The van der Waals surface area contributed by atoms with E-state index < -0.39 is 6.10 Å². The lowest BCUT2D eigenvalue weighted by molar-refractivity contribution is -0.124. The lowest BCUT2D eigenvalue weighted by Crippen LogP contribution is -2.48. The largest absolute Gasteiger partial charge is 0.390 e. The molecule has 0 radical (unpaired) electrons. The molecule has 0 aromatic heterocycles. The number of hydrogen-bond acceptors (Lipinski definition) is 5. The van der Waals surface area contributed by atoms with Crippen LogP contribution in [0.5, 0.6) is 0 Å². The molecule has 4 rings (SSSR count). The first-order valence-corrected chi connectivity index (χ1v) is 10.6. The average Bonchev–Trinajstić information content (AvgIpc) is 3.40. The van der Waals surface area contributed by atoms with E-state index in [2.05, 4.69) is 24.1 Å². The molecule has 1 aliphatic heterocycles. The molecule has 3 aliphatic rings. The molecule has 0 unspecified atom stereocenters. The number of amides is 1. The molecule has 4 N–H and O–H groups in total. The maximum Gasteiger partial charge on any atom is 0.224 e. The van der Waals surface area contributed by atoms with Gasteiger partial charge in [0.25, 0.3) is 0 Å². The van der Waals surface area contributed by atoms with E-state index >= 15 is 0 Å². The molecule has 6 heteroatoms. The van der Waals surface area contributed by atoms with Crippen LogP contribution in [0.1, 0.15) is 56.7 Å². The standard InChI is InChI=1S/C22H32N4O2/c1-3-22(4-2)9-10-26(21(23)25-22)13-15-11-17(15)20(28)24-19-16-8-6-5-7-14(16)12-18(19)27/h5-8,15,17-19,27H,3-4,9-13H2,1-2H3,(H2,23,25)(H,24,28)/t15-,17+,18+,19+/m0/s1. The number of nitrogens with one attached hydrogen (secondary N) is 1. The summed E-state index contributed by atoms with van der Waals surface area (Å²) in [6, 6.07) is 7.67. The molecule has 152 valence electrons. The smallest absolute Gasteiger partial charge is 0.224 e. The number of nitrogens with zero attached hydrogens (tertiary/aromatic N) is 2. The second-order valence-corrected chi connectivity index (χ2v) is 8.66. The van der Waals surface area contributed by atoms with Gasteiger partial charge in [-0.05, 0) is 42.7 Å². The summed E-state index contributed by atoms with van der Waals surface area (Å²) >= 11 is 0. The van der Waals surface area contributed by atoms with E-state index in [0.717, 1.165) is 49.9 Å². The first-order chi connectivity index (χ1) is 13.5. The van der Waals surface area contributed by atoms with Gasteiger partial charge < -0.3 is 21.1 Å². The van der Waals surface area contributed by atoms with Gasteiger partial charge in [0.05, 0.1) is 17.7 Å². The Morgan fingerprint density at radius 2 is 2.11 bits per heavy atom. The highest BCUT2D eigenvalue weighted by Gasteiger charge is 2.46. The monoisotopic (exact) mass is 384 g/mol. The van der Waals surface area contributed by atoms with Crippen LogP contribution in [0.15, 0.2) is 29.3 Å². The number of benzene rings is 1. The third-order valence-electron chi connectivity index (χ3n) is 7.06. The van der Waals surface area contributed by atoms with Crippen molar-refractivity contribution in [3.8, 4) is 0 Å². The van der Waals surface area contributed by atoms with Crippen molar-refractivity contribution in [2.24, 2.45) is 22.6 Å². The van der Waals surface area contributed by atoms with Crippen LogP contribution in [0.2, 0.25) is 0 Å². The number of fused-ring (bicyclic) bond motifs is 1. The summed E-state index contributed by atoms with van der Waals surface area (Å²) in [7, 11) is 0. The number of aliphatic hydroxyl groups excluding tert-OH is 1. The lowest BCUT2D eigenvalue weighted by Gasteiger charge is -2.38. The summed E-state index contributed by atoms with van der Waals surface area (Å²) in [4.78, 5) is 19.7. The number of aliphatic hydroxyl groups is 1. The Balaban J connectivity index is 1.33. The van der Waals surface area contributed by atoms with Gasteiger partial charge in [-0.2, -0.15) is 0 Å². The van der Waals surface area contributed by atoms with E-state index in [4.69, 9.17) is 10.7 Å². The van der Waals surface area contributed by atoms with Crippen molar-refractivity contribution < 1.29 is 9.90 Å². The van der Waals surface area contributed by atoms with Crippen molar-refractivity contribution in [3.63, 3.8) is 0 Å². The second kappa shape index (κ2) is 7.39. The first-order valence-electron chi connectivity index (χ1n) is 10.6. The minimum Gasteiger partial charge on any atom is -0.390 e. The van der Waals surface area contributed by atoms with E-state index in [1.807, 2.05) is 24.3 Å². The molecule has 1 heterocycles. The topological polar surface area (TPSA) is 91.0 Å². The normalized spacial score (nSPS) is 30.5. The van der Waals surface area contributed by atoms with Crippen LogP contribution in [0, 0.1) is 11.8 Å². The van der Waals surface area contributed by atoms with Gasteiger partial charge in [-0.1, -0.05) is 38.1 Å². The van der Waals surface area contributed by atoms with E-state index in [-0.39, 0.29) is 23.4 Å². The number of nitrogens with two attached hydrogens (primary N) is 1. The molecule has 2 aliphatic carbocycles. The average molecular weight is 385 g/mol. The third kappa shape index (κ3) is 3.50. The SMILES string of the molecule is CCC1(CC)CCN(C[C@@H]2C[C@H]2C(=O)N[C@@H]2c3ccccc3C[C@H]2O)C(N)=N1. The molecule has 1 aromatic carbocycles. The summed E-state index contributed by atoms with van der Waals surface area (Å²) in [5, 5.41) is 13.5. The fourth-order valence-electron chi connectivity index (χ4n) is 4.84. The molecule has 6 nitrogen and oxygen atoms in total. The molecule has 0 saturated heterocycles. The van der Waals surface area contributed by atoms with E-state index in [1.54, 1.807) is 0 Å². The van der Waals surface area contributed by atoms with Crippen LogP contribution in [-0.4, -0.2) is 46.6 Å². The molecule has 1 amide bonds. The molecular weight excluding hydrogens is 352 g/mol. The van der Waals surface area contributed by atoms with Gasteiger partial charge in [0.1, 0.15) is 0 Å². The maximum atomic E-state index is 12.7. The Kier molecular flexibility index (Phi) is 5.08. The first kappa shape index (κ1) is 19.2. The van der Waals surface area contributed by atoms with Crippen molar-refractivity contribution in [1.29, 1.82) is 0 Å². The van der Waals surface area contributed by atoms with Gasteiger partial charge in [-0.15, -0.1) is 0 Å². The Morgan fingerprint density at radius 1 is 1.36 bits per heavy atom. The Hall–Kier alpha value is -2.08. The van der Waals surface area contributed by atoms with E-state index in [9.17, 15) is 9.90 Å². The highest BCUT2D eigenvalue weighted by atomic mass is 16.3. The van der Waals surface area contributed by atoms with Gasteiger partial charge in [0.15, 0.2) is 5.96 Å². The van der Waals surface area contributed by atoms with Crippen LogP contribution in [0.25, 0.3) is 0 Å². The molecule has 28 heavy (non-hydrogen) atoms. The molecule has 0 bridgehead atoms. The van der Waals surface area contributed by atoms with Gasteiger partial charge in [0, 0.05) is 25.4 Å². The Morgan fingerprint density at radius 3 is 2.82 bits per heavy atom. The fraction of sp³-hybridized carbons (Fsp3) is 0.636. The van der Waals surface area contributed by atoms with Gasteiger partial charge in [0.2, 0.25) is 5.91 Å². The van der Waals surface area contributed by atoms with E-state index in [0.29, 0.717) is 18.3 Å². The second-order valence-electron chi connectivity index (χ2n) is 8.66. The van der Waals surface area contributed by atoms with Crippen LogP contribution >= 0.6 is 0 Å². The highest BCUT2D eigenvalue weighted by molar-refractivity contribution is 5.83. The zero-order chi connectivity index (χ0) is 19.9. The highest BCUT2D eigenvalue weighted by Crippen LogP contribution is 2.41. The minimum atomic E-state index is -0.542. The quantitative estimate of drug-likeness (QED) is 0.699. The summed E-state index contributed by atoms with van der Waals surface area (Å²) in [5.74, 6) is 1.01. The lowest BCUT2D eigenvalue weighted by atomic mass is 9.88. The summed E-state index contributed by atoms with van der Waals surface area (Å²) in [6.45, 7) is 6.05. The molecule has 0 spiro atoms. The zero-order valence-electron chi connectivity index (χ0n) is 16.9. The maximum absolute atomic E-state index is 12.7. The molecule has 1 fully saturated rings. The van der Waals surface area contributed by atoms with Crippen LogP contribution in [0.3, 0.4) is 0 Å². The van der Waals surface area contributed by atoms with Crippen molar-refractivity contribution in [1.82, 2.24) is 10.2 Å². The predicted molar refractivity (Wildman–Crippen MR) is 110 cm³/mol. The molecule has 1 saturated carbocycles. The Labute approximate surface area is 167 Å². The van der Waals surface area contributed by atoms with Crippen molar-refractivity contribution in [2.45, 2.75) is 63.6 Å². The number of rotatable bonds is 6.